The molecule has 1 atom stereocenters. The molecule has 1 amide bonds. The number of nitrogens with zero attached hydrogens (tertiary/aromatic N) is 3. The van der Waals surface area contributed by atoms with Crippen molar-refractivity contribution in [1.29, 1.82) is 0 Å². The molecule has 5 heteroatoms. The van der Waals surface area contributed by atoms with Crippen molar-refractivity contribution < 1.29 is 9.53 Å². The average molecular weight is 365 g/mol. The molecule has 0 spiro atoms. The van der Waals surface area contributed by atoms with Crippen LogP contribution in [-0.4, -0.2) is 62.8 Å². The average Bonchev–Trinajstić information content (AvgIpc) is 2.96. The molecule has 0 aromatic heterocycles. The fourth-order valence-electron chi connectivity index (χ4n) is 4.24. The van der Waals surface area contributed by atoms with Crippen molar-refractivity contribution in [2.45, 2.75) is 11.8 Å². The molecule has 1 saturated heterocycles. The van der Waals surface area contributed by atoms with Crippen LogP contribution in [0.25, 0.3) is 0 Å². The Labute approximate surface area is 161 Å². The summed E-state index contributed by atoms with van der Waals surface area (Å²) in [6.45, 7) is 3.62. The van der Waals surface area contributed by atoms with Crippen LogP contribution >= 0.6 is 0 Å². The fraction of sp³-hybridized carbons (Fsp3) is 0.409. The second-order valence-corrected chi connectivity index (χ2v) is 7.52. The van der Waals surface area contributed by atoms with Crippen LogP contribution < -0.4 is 5.01 Å². The van der Waals surface area contributed by atoms with Gasteiger partial charge in [0.15, 0.2) is 0 Å². The summed E-state index contributed by atoms with van der Waals surface area (Å²) >= 11 is 0. The van der Waals surface area contributed by atoms with E-state index >= 15 is 0 Å². The molecule has 27 heavy (non-hydrogen) atoms. The number of amides is 1. The number of carbonyl (C=O) groups is 1. The Hall–Kier alpha value is -2.21. The molecule has 2 aliphatic heterocycles. The second-order valence-electron chi connectivity index (χ2n) is 7.52. The Balaban J connectivity index is 1.86. The lowest BCUT2D eigenvalue weighted by Gasteiger charge is -2.37. The summed E-state index contributed by atoms with van der Waals surface area (Å²) < 4.78 is 5.51. The van der Waals surface area contributed by atoms with Gasteiger partial charge in [-0.15, -0.1) is 0 Å². The van der Waals surface area contributed by atoms with E-state index in [9.17, 15) is 4.79 Å². The van der Waals surface area contributed by atoms with Gasteiger partial charge in [-0.1, -0.05) is 48.5 Å². The summed E-state index contributed by atoms with van der Waals surface area (Å²) in [6, 6.07) is 18.5. The Morgan fingerprint density at radius 3 is 2.37 bits per heavy atom. The van der Waals surface area contributed by atoms with Crippen molar-refractivity contribution in [2.75, 3.05) is 52.0 Å². The molecule has 0 bridgehead atoms. The van der Waals surface area contributed by atoms with Crippen molar-refractivity contribution in [3.8, 4) is 0 Å². The Kier molecular flexibility index (Phi) is 5.00. The number of hydrogen-bond acceptors (Lipinski definition) is 4. The minimum Gasteiger partial charge on any atom is -0.379 e. The van der Waals surface area contributed by atoms with Gasteiger partial charge in [-0.2, -0.15) is 0 Å². The van der Waals surface area contributed by atoms with E-state index in [0.717, 1.165) is 42.9 Å². The van der Waals surface area contributed by atoms with Crippen molar-refractivity contribution in [1.82, 2.24) is 9.91 Å². The van der Waals surface area contributed by atoms with Crippen molar-refractivity contribution in [3.05, 3.63) is 65.7 Å². The first-order valence-corrected chi connectivity index (χ1v) is 9.61. The van der Waals surface area contributed by atoms with Gasteiger partial charge in [0, 0.05) is 13.1 Å². The van der Waals surface area contributed by atoms with E-state index in [1.54, 1.807) is 0 Å². The lowest BCUT2D eigenvalue weighted by molar-refractivity contribution is -0.126. The third kappa shape index (κ3) is 3.06. The standard InChI is InChI=1S/C22H27N3O2/c1-23(2)13-12-22(18-8-4-3-5-9-18)19-10-6-7-11-20(19)25(21(22)26)24-14-16-27-17-15-24/h3-11H,12-17H2,1-2H3/t22-/m0/s1. The van der Waals surface area contributed by atoms with Gasteiger partial charge in [0.25, 0.3) is 5.91 Å². The van der Waals surface area contributed by atoms with Crippen molar-refractivity contribution in [3.63, 3.8) is 0 Å². The van der Waals surface area contributed by atoms with Crippen LogP contribution in [0.15, 0.2) is 54.6 Å². The summed E-state index contributed by atoms with van der Waals surface area (Å²) in [5.74, 6) is 0.152. The van der Waals surface area contributed by atoms with Crippen molar-refractivity contribution >= 4 is 11.6 Å². The van der Waals surface area contributed by atoms with Crippen LogP contribution in [0.1, 0.15) is 17.5 Å². The van der Waals surface area contributed by atoms with Gasteiger partial charge in [0.05, 0.1) is 18.9 Å². The maximum Gasteiger partial charge on any atom is 0.256 e. The van der Waals surface area contributed by atoms with Gasteiger partial charge in [-0.05, 0) is 44.3 Å². The van der Waals surface area contributed by atoms with Crippen LogP contribution in [0.3, 0.4) is 0 Å². The molecule has 2 aliphatic rings. The number of carbonyl (C=O) groups excluding carboxylic acids is 1. The van der Waals surface area contributed by atoms with Gasteiger partial charge in [0.2, 0.25) is 0 Å². The summed E-state index contributed by atoms with van der Waals surface area (Å²) in [5, 5.41) is 4.06. The topological polar surface area (TPSA) is 36.0 Å². The van der Waals surface area contributed by atoms with Crippen molar-refractivity contribution in [2.24, 2.45) is 0 Å². The monoisotopic (exact) mass is 365 g/mol. The van der Waals surface area contributed by atoms with Gasteiger partial charge in [-0.25, -0.2) is 10.0 Å². The first-order valence-electron chi connectivity index (χ1n) is 9.61. The SMILES string of the molecule is CN(C)CC[C@@]1(c2ccccc2)C(=O)N(N2CCOCC2)c2ccccc21. The molecule has 0 unspecified atom stereocenters. The van der Waals surface area contributed by atoms with Crippen LogP contribution in [-0.2, 0) is 14.9 Å². The zero-order valence-corrected chi connectivity index (χ0v) is 16.1. The summed E-state index contributed by atoms with van der Waals surface area (Å²) in [4.78, 5) is 16.2. The molecule has 2 aromatic rings. The van der Waals surface area contributed by atoms with E-state index in [1.807, 2.05) is 35.3 Å². The number of hydrogen-bond donors (Lipinski definition) is 0. The molecule has 142 valence electrons. The van der Waals surface area contributed by atoms with Crippen LogP contribution in [0.5, 0.6) is 0 Å². The summed E-state index contributed by atoms with van der Waals surface area (Å²) in [6.07, 6.45) is 0.751. The number of ether oxygens (including phenoxy) is 1. The van der Waals surface area contributed by atoms with Gasteiger partial charge < -0.3 is 9.64 Å². The molecule has 0 saturated carbocycles. The smallest absolute Gasteiger partial charge is 0.256 e. The third-order valence-corrected chi connectivity index (χ3v) is 5.62. The zero-order valence-electron chi connectivity index (χ0n) is 16.1. The van der Waals surface area contributed by atoms with Crippen LogP contribution in [0, 0.1) is 0 Å². The van der Waals surface area contributed by atoms with E-state index in [1.165, 1.54) is 0 Å². The number of morpholine rings is 1. The van der Waals surface area contributed by atoms with E-state index in [2.05, 4.69) is 48.3 Å². The lowest BCUT2D eigenvalue weighted by Crippen LogP contribution is -2.54. The highest BCUT2D eigenvalue weighted by Gasteiger charge is 2.53. The maximum atomic E-state index is 14.0. The van der Waals surface area contributed by atoms with Gasteiger partial charge in [-0.3, -0.25) is 4.79 Å². The highest BCUT2D eigenvalue weighted by atomic mass is 16.5. The number of rotatable bonds is 5. The third-order valence-electron chi connectivity index (χ3n) is 5.62. The molecule has 2 aromatic carbocycles. The fourth-order valence-corrected chi connectivity index (χ4v) is 4.24. The van der Waals surface area contributed by atoms with E-state index in [-0.39, 0.29) is 5.91 Å². The minimum absolute atomic E-state index is 0.152. The van der Waals surface area contributed by atoms with E-state index < -0.39 is 5.41 Å². The molecule has 1 fully saturated rings. The normalized spacial score (nSPS) is 23.1. The quantitative estimate of drug-likeness (QED) is 0.816. The summed E-state index contributed by atoms with van der Waals surface area (Å²) in [7, 11) is 4.12. The largest absolute Gasteiger partial charge is 0.379 e. The Bertz CT molecular complexity index is 802. The number of anilines is 1. The van der Waals surface area contributed by atoms with E-state index in [4.69, 9.17) is 4.74 Å². The van der Waals surface area contributed by atoms with Crippen LogP contribution in [0.2, 0.25) is 0 Å². The molecule has 0 radical (unpaired) electrons. The molecular formula is C22H27N3O2. The number of fused-ring (bicyclic) bond motifs is 1. The highest BCUT2D eigenvalue weighted by Crippen LogP contribution is 2.48. The first kappa shape index (κ1) is 18.2. The molecular weight excluding hydrogens is 338 g/mol. The number of para-hydroxylation sites is 1. The lowest BCUT2D eigenvalue weighted by atomic mass is 9.73. The van der Waals surface area contributed by atoms with Gasteiger partial charge >= 0.3 is 0 Å². The molecule has 0 aliphatic carbocycles. The zero-order chi connectivity index (χ0) is 18.9. The minimum atomic E-state index is -0.652. The second kappa shape index (κ2) is 7.43. The first-order chi connectivity index (χ1) is 13.1. The molecule has 2 heterocycles. The van der Waals surface area contributed by atoms with Gasteiger partial charge in [0.1, 0.15) is 5.41 Å². The predicted octanol–water partition coefficient (Wildman–Crippen LogP) is 2.52. The number of benzene rings is 2. The highest BCUT2D eigenvalue weighted by molar-refractivity contribution is 6.09. The maximum absolute atomic E-state index is 14.0. The Morgan fingerprint density at radius 1 is 1.00 bits per heavy atom. The summed E-state index contributed by atoms with van der Waals surface area (Å²) in [5.41, 5.74) is 2.53. The van der Waals surface area contributed by atoms with Crippen LogP contribution in [0.4, 0.5) is 5.69 Å². The predicted molar refractivity (Wildman–Crippen MR) is 107 cm³/mol. The molecule has 4 rings (SSSR count). The van der Waals surface area contributed by atoms with E-state index in [0.29, 0.717) is 13.2 Å². The Morgan fingerprint density at radius 2 is 1.67 bits per heavy atom. The number of hydrazine groups is 1. The molecule has 5 nitrogen and oxygen atoms in total. The molecule has 0 N–H and O–H groups in total.